The smallest absolute Gasteiger partial charge is 0.497 e. The third-order valence-corrected chi connectivity index (χ3v) is 2.58. The molecule has 0 aliphatic rings. The Labute approximate surface area is 160 Å². The molecule has 0 unspecified atom stereocenters. The van der Waals surface area contributed by atoms with Crippen molar-refractivity contribution < 1.29 is 73.8 Å². The van der Waals surface area contributed by atoms with Crippen LogP contribution in [0.4, 0.5) is 12.9 Å². The molecule has 1 rings (SSSR count). The van der Waals surface area contributed by atoms with Crippen molar-refractivity contribution in [3.8, 4) is 11.5 Å². The molecule has 0 spiro atoms. The zero-order chi connectivity index (χ0) is 14.5. The van der Waals surface area contributed by atoms with Crippen LogP contribution in [0.25, 0.3) is 0 Å². The second-order valence-electron chi connectivity index (χ2n) is 4.48. The van der Waals surface area contributed by atoms with Gasteiger partial charge in [0, 0.05) is 6.54 Å². The molecule has 0 amide bonds. The quantitative estimate of drug-likeness (QED) is 0.480. The number of benzene rings is 1. The van der Waals surface area contributed by atoms with Crippen LogP contribution in [-0.4, -0.2) is 46.2 Å². The first-order valence-electron chi connectivity index (χ1n) is 6.00. The molecule has 0 atom stereocenters. The fourth-order valence-electron chi connectivity index (χ4n) is 1.60. The Hall–Kier alpha value is 0.271. The minimum Gasteiger partial charge on any atom is -0.497 e. The van der Waals surface area contributed by atoms with Crippen LogP contribution in [-0.2, 0) is 0 Å². The molecule has 0 radical (unpaired) electrons. The Kier molecular flexibility index (Phi) is 9.45. The number of ether oxygens (including phenoxy) is 2. The largest absolute Gasteiger partial charge is 1.00 e. The van der Waals surface area contributed by atoms with E-state index < -0.39 is 12.4 Å². The van der Waals surface area contributed by atoms with E-state index in [9.17, 15) is 12.9 Å². The summed E-state index contributed by atoms with van der Waals surface area (Å²) in [5, 5.41) is 0. The second kappa shape index (κ2) is 9.32. The van der Waals surface area contributed by atoms with Crippen molar-refractivity contribution in [2.75, 3.05) is 34.4 Å². The van der Waals surface area contributed by atoms with E-state index in [1.165, 1.54) is 19.2 Å². The molecule has 3 nitrogen and oxygen atoms in total. The molecule has 0 fully saturated rings. The monoisotopic (exact) mass is 315 g/mol. The molecule has 0 saturated heterocycles. The summed E-state index contributed by atoms with van der Waals surface area (Å²) >= 11 is 0. The molecule has 1 aromatic rings. The molecule has 8 heteroatoms. The molecular formula is C12H18BF3KNO2. The average molecular weight is 315 g/mol. The zero-order valence-corrected chi connectivity index (χ0v) is 15.5. The molecule has 108 valence electrons. The van der Waals surface area contributed by atoms with E-state index >= 15 is 0 Å². The number of nitrogens with zero attached hydrogens (tertiary/aromatic N) is 1. The first kappa shape index (κ1) is 20.3. The molecule has 0 aliphatic heterocycles. The van der Waals surface area contributed by atoms with E-state index in [1.807, 2.05) is 19.0 Å². The van der Waals surface area contributed by atoms with Gasteiger partial charge >= 0.3 is 58.4 Å². The molecule has 1 aromatic carbocycles. The molecule has 0 bridgehead atoms. The van der Waals surface area contributed by atoms with Crippen LogP contribution in [0.3, 0.4) is 0 Å². The Morgan fingerprint density at radius 3 is 2.35 bits per heavy atom. The number of halogens is 3. The first-order valence-corrected chi connectivity index (χ1v) is 6.00. The number of hydrogen-bond donors (Lipinski definition) is 0. The normalized spacial score (nSPS) is 11.2. The predicted molar refractivity (Wildman–Crippen MR) is 70.4 cm³/mol. The van der Waals surface area contributed by atoms with Gasteiger partial charge in [0.2, 0.25) is 0 Å². The Morgan fingerprint density at radius 2 is 1.85 bits per heavy atom. The second-order valence-corrected chi connectivity index (χ2v) is 4.48. The van der Waals surface area contributed by atoms with Crippen molar-refractivity contribution in [2.24, 2.45) is 0 Å². The van der Waals surface area contributed by atoms with Gasteiger partial charge in [-0.3, -0.25) is 0 Å². The summed E-state index contributed by atoms with van der Waals surface area (Å²) in [7, 11) is 5.13. The molecule has 0 heterocycles. The molecule has 0 saturated carbocycles. The fraction of sp³-hybridized carbons (Fsp3) is 0.500. The number of rotatable bonds is 7. The van der Waals surface area contributed by atoms with Crippen molar-refractivity contribution in [3.63, 3.8) is 0 Å². The molecule has 20 heavy (non-hydrogen) atoms. The maximum atomic E-state index is 12.9. The topological polar surface area (TPSA) is 21.7 Å². The Morgan fingerprint density at radius 1 is 1.20 bits per heavy atom. The van der Waals surface area contributed by atoms with Gasteiger partial charge in [-0.1, -0.05) is 5.46 Å². The van der Waals surface area contributed by atoms with Crippen molar-refractivity contribution in [2.45, 2.75) is 6.42 Å². The van der Waals surface area contributed by atoms with Crippen LogP contribution >= 0.6 is 0 Å². The van der Waals surface area contributed by atoms with Gasteiger partial charge in [-0.05, 0) is 38.7 Å². The SMILES string of the molecule is COc1ccc(OCCCN(C)C)c([B-](F)(F)F)c1.[K+]. The van der Waals surface area contributed by atoms with Gasteiger partial charge in [0.15, 0.2) is 0 Å². The van der Waals surface area contributed by atoms with Crippen molar-refractivity contribution in [1.82, 2.24) is 4.90 Å². The van der Waals surface area contributed by atoms with Crippen molar-refractivity contribution in [3.05, 3.63) is 18.2 Å². The molecule has 0 aromatic heterocycles. The van der Waals surface area contributed by atoms with E-state index in [1.54, 1.807) is 0 Å². The Bertz CT molecular complexity index is 416. The molecule has 0 aliphatic carbocycles. The van der Waals surface area contributed by atoms with Gasteiger partial charge in [0.25, 0.3) is 0 Å². The van der Waals surface area contributed by atoms with E-state index in [0.29, 0.717) is 6.42 Å². The fourth-order valence-corrected chi connectivity index (χ4v) is 1.60. The summed E-state index contributed by atoms with van der Waals surface area (Å²) < 4.78 is 48.8. The van der Waals surface area contributed by atoms with Crippen LogP contribution in [0, 0.1) is 0 Å². The van der Waals surface area contributed by atoms with Gasteiger partial charge in [-0.25, -0.2) is 0 Å². The first-order chi connectivity index (χ1) is 8.84. The predicted octanol–water partition coefficient (Wildman–Crippen LogP) is -0.916. The van der Waals surface area contributed by atoms with Crippen molar-refractivity contribution in [1.29, 1.82) is 0 Å². The van der Waals surface area contributed by atoms with Crippen molar-refractivity contribution >= 4 is 12.4 Å². The van der Waals surface area contributed by atoms with E-state index in [4.69, 9.17) is 9.47 Å². The van der Waals surface area contributed by atoms with E-state index in [0.717, 1.165) is 12.6 Å². The minimum atomic E-state index is -5.11. The molecule has 0 N–H and O–H groups in total. The van der Waals surface area contributed by atoms with Gasteiger partial charge in [0.05, 0.1) is 19.5 Å². The van der Waals surface area contributed by atoms with Gasteiger partial charge < -0.3 is 27.3 Å². The van der Waals surface area contributed by atoms with Gasteiger partial charge in [-0.15, -0.1) is 0 Å². The Balaban J connectivity index is 0.00000361. The van der Waals surface area contributed by atoms with Gasteiger partial charge in [-0.2, -0.15) is 0 Å². The van der Waals surface area contributed by atoms with Crippen LogP contribution in [0.1, 0.15) is 6.42 Å². The number of hydrogen-bond acceptors (Lipinski definition) is 3. The average Bonchev–Trinajstić information content (AvgIpc) is 2.33. The standard InChI is InChI=1S/C12H18BF3NO2.K/c1-17(2)7-4-8-19-12-6-5-10(18-3)9-11(12)13(14,15)16;/h5-6,9H,4,7-8H2,1-3H3;/q-1;+1. The third-order valence-electron chi connectivity index (χ3n) is 2.58. The number of methoxy groups -OCH3 is 1. The maximum Gasteiger partial charge on any atom is 1.00 e. The minimum absolute atomic E-state index is 0. The van der Waals surface area contributed by atoms with Crippen LogP contribution < -0.4 is 66.3 Å². The van der Waals surface area contributed by atoms with Crippen LogP contribution in [0.2, 0.25) is 0 Å². The maximum absolute atomic E-state index is 12.9. The summed E-state index contributed by atoms with van der Waals surface area (Å²) in [6.45, 7) is -4.09. The van der Waals surface area contributed by atoms with E-state index in [-0.39, 0.29) is 69.5 Å². The summed E-state index contributed by atoms with van der Waals surface area (Å²) in [5.74, 6) is 0.0434. The third kappa shape index (κ3) is 6.82. The summed E-state index contributed by atoms with van der Waals surface area (Å²) in [4.78, 5) is 1.95. The summed E-state index contributed by atoms with van der Waals surface area (Å²) in [6.07, 6.45) is 0.670. The summed E-state index contributed by atoms with van der Waals surface area (Å²) in [5.41, 5.74) is -0.746. The van der Waals surface area contributed by atoms with Gasteiger partial charge in [0.1, 0.15) is 5.75 Å². The van der Waals surface area contributed by atoms with E-state index in [2.05, 4.69) is 0 Å². The zero-order valence-electron chi connectivity index (χ0n) is 12.3. The van der Waals surface area contributed by atoms with Crippen LogP contribution in [0.15, 0.2) is 18.2 Å². The summed E-state index contributed by atoms with van der Waals surface area (Å²) in [6, 6.07) is 3.74. The molecular weight excluding hydrogens is 297 g/mol. The van der Waals surface area contributed by atoms with Crippen LogP contribution in [0.5, 0.6) is 11.5 Å².